The maximum Gasteiger partial charge on any atom is 0.0590 e. The molecule has 2 nitrogen and oxygen atoms in total. The molecule has 2 heteroatoms. The summed E-state index contributed by atoms with van der Waals surface area (Å²) in [6.07, 6.45) is 1.14. The van der Waals surface area contributed by atoms with Crippen molar-refractivity contribution in [3.05, 3.63) is 0 Å². The average molecular weight is 201 g/mol. The smallest absolute Gasteiger partial charge is 0.0590 e. The van der Waals surface area contributed by atoms with E-state index in [2.05, 4.69) is 39.9 Å². The highest BCUT2D eigenvalue weighted by atomic mass is 16.5. The molecule has 0 amide bonds. The monoisotopic (exact) mass is 201 g/mol. The van der Waals surface area contributed by atoms with Crippen molar-refractivity contribution in [2.75, 3.05) is 26.3 Å². The van der Waals surface area contributed by atoms with Crippen molar-refractivity contribution in [2.45, 2.75) is 41.0 Å². The summed E-state index contributed by atoms with van der Waals surface area (Å²) in [5.41, 5.74) is 0.394. The lowest BCUT2D eigenvalue weighted by Crippen LogP contribution is -2.24. The molecule has 0 atom stereocenters. The van der Waals surface area contributed by atoms with Crippen LogP contribution in [0.4, 0.5) is 0 Å². The summed E-state index contributed by atoms with van der Waals surface area (Å²) in [6.45, 7) is 14.9. The summed E-state index contributed by atoms with van der Waals surface area (Å²) >= 11 is 0. The van der Waals surface area contributed by atoms with E-state index in [1.54, 1.807) is 0 Å². The minimum Gasteiger partial charge on any atom is -0.380 e. The van der Waals surface area contributed by atoms with Crippen molar-refractivity contribution < 1.29 is 4.74 Å². The summed E-state index contributed by atoms with van der Waals surface area (Å²) in [6, 6.07) is 0. The van der Waals surface area contributed by atoms with Crippen LogP contribution in [0.5, 0.6) is 0 Å². The van der Waals surface area contributed by atoms with Crippen LogP contribution in [0.3, 0.4) is 0 Å². The first kappa shape index (κ1) is 13.9. The Morgan fingerprint density at radius 3 is 2.29 bits per heavy atom. The largest absolute Gasteiger partial charge is 0.380 e. The van der Waals surface area contributed by atoms with Crippen LogP contribution in [0.15, 0.2) is 0 Å². The molecule has 14 heavy (non-hydrogen) atoms. The maximum atomic E-state index is 5.53. The summed E-state index contributed by atoms with van der Waals surface area (Å²) in [4.78, 5) is 0. The molecular weight excluding hydrogens is 174 g/mol. The van der Waals surface area contributed by atoms with E-state index in [1.165, 1.54) is 0 Å². The average Bonchev–Trinajstić information content (AvgIpc) is 2.00. The van der Waals surface area contributed by atoms with Crippen molar-refractivity contribution in [3.63, 3.8) is 0 Å². The van der Waals surface area contributed by atoms with E-state index < -0.39 is 0 Å². The zero-order chi connectivity index (χ0) is 11.0. The van der Waals surface area contributed by atoms with Crippen molar-refractivity contribution in [2.24, 2.45) is 11.3 Å². The molecule has 0 saturated carbocycles. The molecule has 0 unspecified atom stereocenters. The van der Waals surface area contributed by atoms with Crippen LogP contribution in [0, 0.1) is 11.3 Å². The molecule has 0 aromatic carbocycles. The highest BCUT2D eigenvalue weighted by Gasteiger charge is 2.08. The minimum absolute atomic E-state index is 0.394. The van der Waals surface area contributed by atoms with Crippen LogP contribution in [0.1, 0.15) is 41.0 Å². The molecule has 0 aliphatic carbocycles. The van der Waals surface area contributed by atoms with Crippen LogP contribution in [-0.2, 0) is 4.74 Å². The van der Waals surface area contributed by atoms with Gasteiger partial charge < -0.3 is 10.1 Å². The van der Waals surface area contributed by atoms with Crippen LogP contribution in [0.2, 0.25) is 0 Å². The van der Waals surface area contributed by atoms with Gasteiger partial charge in [-0.3, -0.25) is 0 Å². The van der Waals surface area contributed by atoms with E-state index in [4.69, 9.17) is 4.74 Å². The van der Waals surface area contributed by atoms with Crippen LogP contribution in [0.25, 0.3) is 0 Å². The van der Waals surface area contributed by atoms with Gasteiger partial charge in [-0.25, -0.2) is 0 Å². The summed E-state index contributed by atoms with van der Waals surface area (Å²) < 4.78 is 5.53. The quantitative estimate of drug-likeness (QED) is 0.639. The molecular formula is C12H27NO. The lowest BCUT2D eigenvalue weighted by Gasteiger charge is -2.17. The second-order valence-corrected chi connectivity index (χ2v) is 5.52. The number of rotatable bonds is 7. The number of hydrogen-bond acceptors (Lipinski definition) is 2. The Balaban J connectivity index is 3.07. The van der Waals surface area contributed by atoms with Gasteiger partial charge in [0.25, 0.3) is 0 Å². The van der Waals surface area contributed by atoms with Crippen molar-refractivity contribution in [1.82, 2.24) is 5.32 Å². The molecule has 86 valence electrons. The second kappa shape index (κ2) is 7.24. The van der Waals surface area contributed by atoms with Crippen LogP contribution < -0.4 is 5.32 Å². The lowest BCUT2D eigenvalue weighted by molar-refractivity contribution is 0.109. The summed E-state index contributed by atoms with van der Waals surface area (Å²) in [5.74, 6) is 0.726. The van der Waals surface area contributed by atoms with E-state index in [0.29, 0.717) is 5.41 Å². The van der Waals surface area contributed by atoms with E-state index in [0.717, 1.165) is 38.6 Å². The van der Waals surface area contributed by atoms with E-state index >= 15 is 0 Å². The Morgan fingerprint density at radius 1 is 1.14 bits per heavy atom. The first-order chi connectivity index (χ1) is 6.42. The standard InChI is InChI=1S/C12H27NO/c1-11(2)10-13-7-9-14-8-6-12(3,4)5/h11,13H,6-10H2,1-5H3. The highest BCUT2D eigenvalue weighted by Crippen LogP contribution is 2.17. The molecule has 0 heterocycles. The van der Waals surface area contributed by atoms with Gasteiger partial charge in [0, 0.05) is 13.2 Å². The summed E-state index contributed by atoms with van der Waals surface area (Å²) in [7, 11) is 0. The lowest BCUT2D eigenvalue weighted by atomic mass is 9.93. The van der Waals surface area contributed by atoms with Gasteiger partial charge in [-0.2, -0.15) is 0 Å². The Labute approximate surface area is 89.4 Å². The normalized spacial score (nSPS) is 12.4. The fourth-order valence-corrected chi connectivity index (χ4v) is 1.02. The third kappa shape index (κ3) is 11.9. The zero-order valence-corrected chi connectivity index (χ0v) is 10.5. The summed E-state index contributed by atoms with van der Waals surface area (Å²) in [5, 5.41) is 3.36. The molecule has 0 spiro atoms. The Bertz CT molecular complexity index is 127. The highest BCUT2D eigenvalue weighted by molar-refractivity contribution is 4.60. The maximum absolute atomic E-state index is 5.53. The topological polar surface area (TPSA) is 21.3 Å². The zero-order valence-electron chi connectivity index (χ0n) is 10.5. The van der Waals surface area contributed by atoms with Gasteiger partial charge in [0.1, 0.15) is 0 Å². The molecule has 0 aromatic rings. The van der Waals surface area contributed by atoms with Crippen LogP contribution in [-0.4, -0.2) is 26.3 Å². The Morgan fingerprint density at radius 2 is 1.79 bits per heavy atom. The van der Waals surface area contributed by atoms with Crippen molar-refractivity contribution in [3.8, 4) is 0 Å². The predicted octanol–water partition coefficient (Wildman–Crippen LogP) is 2.68. The minimum atomic E-state index is 0.394. The molecule has 1 N–H and O–H groups in total. The molecule has 0 aromatic heterocycles. The molecule has 0 rings (SSSR count). The van der Waals surface area contributed by atoms with E-state index in [1.807, 2.05) is 0 Å². The third-order valence-electron chi connectivity index (χ3n) is 1.97. The van der Waals surface area contributed by atoms with Gasteiger partial charge in [0.05, 0.1) is 6.61 Å². The van der Waals surface area contributed by atoms with Crippen molar-refractivity contribution >= 4 is 0 Å². The number of nitrogens with one attached hydrogen (secondary N) is 1. The fraction of sp³-hybridized carbons (Fsp3) is 1.00. The molecule has 0 aliphatic heterocycles. The van der Waals surface area contributed by atoms with Gasteiger partial charge in [-0.05, 0) is 24.3 Å². The SMILES string of the molecule is CC(C)CNCCOCCC(C)(C)C. The van der Waals surface area contributed by atoms with Gasteiger partial charge in [-0.15, -0.1) is 0 Å². The predicted molar refractivity (Wildman–Crippen MR) is 62.6 cm³/mol. The molecule has 0 radical (unpaired) electrons. The first-order valence-corrected chi connectivity index (χ1v) is 5.70. The number of hydrogen-bond donors (Lipinski definition) is 1. The van der Waals surface area contributed by atoms with Gasteiger partial charge in [0.2, 0.25) is 0 Å². The van der Waals surface area contributed by atoms with Gasteiger partial charge in [-0.1, -0.05) is 34.6 Å². The Kier molecular flexibility index (Phi) is 7.20. The van der Waals surface area contributed by atoms with Crippen LogP contribution >= 0.6 is 0 Å². The van der Waals surface area contributed by atoms with Gasteiger partial charge >= 0.3 is 0 Å². The molecule has 0 saturated heterocycles. The fourth-order valence-electron chi connectivity index (χ4n) is 1.02. The second-order valence-electron chi connectivity index (χ2n) is 5.52. The first-order valence-electron chi connectivity index (χ1n) is 5.70. The number of ether oxygens (including phenoxy) is 1. The van der Waals surface area contributed by atoms with Crippen molar-refractivity contribution in [1.29, 1.82) is 0 Å². The Hall–Kier alpha value is -0.0800. The molecule has 0 bridgehead atoms. The van der Waals surface area contributed by atoms with E-state index in [9.17, 15) is 0 Å². The van der Waals surface area contributed by atoms with Gasteiger partial charge in [0.15, 0.2) is 0 Å². The molecule has 0 fully saturated rings. The van der Waals surface area contributed by atoms with E-state index in [-0.39, 0.29) is 0 Å². The molecule has 0 aliphatic rings. The third-order valence-corrected chi connectivity index (χ3v) is 1.97.